The second-order valence-corrected chi connectivity index (χ2v) is 2.19. The van der Waals surface area contributed by atoms with Crippen molar-refractivity contribution >= 4 is 11.9 Å². The predicted molar refractivity (Wildman–Crippen MR) is 43.2 cm³/mol. The Bertz CT molecular complexity index is 189. The first-order valence-electron chi connectivity index (χ1n) is 3.54. The van der Waals surface area contributed by atoms with Crippen LogP contribution in [-0.4, -0.2) is 23.5 Å². The van der Waals surface area contributed by atoms with Crippen LogP contribution in [0.4, 0.5) is 0 Å². The minimum absolute atomic E-state index is 0.122. The van der Waals surface area contributed by atoms with Crippen LogP contribution in [0.15, 0.2) is 12.3 Å². The molecule has 12 heavy (non-hydrogen) atoms. The molecular formula is C7H12N2O3. The van der Waals surface area contributed by atoms with Crippen molar-refractivity contribution < 1.29 is 14.7 Å². The number of carboxylic acid groups (broad SMARTS) is 1. The van der Waals surface area contributed by atoms with Crippen LogP contribution >= 0.6 is 0 Å². The van der Waals surface area contributed by atoms with Gasteiger partial charge in [-0.05, 0) is 6.42 Å². The van der Waals surface area contributed by atoms with Gasteiger partial charge < -0.3 is 16.2 Å². The third-order valence-corrected chi connectivity index (χ3v) is 1.08. The minimum atomic E-state index is -0.823. The quantitative estimate of drug-likeness (QED) is 0.370. The smallest absolute Gasteiger partial charge is 0.303 e. The normalized spacial score (nSPS) is 10.0. The number of rotatable bonds is 6. The number of carbonyl (C=O) groups is 2. The van der Waals surface area contributed by atoms with E-state index in [1.807, 2.05) is 0 Å². The van der Waals surface area contributed by atoms with E-state index in [9.17, 15) is 9.59 Å². The number of amides is 1. The van der Waals surface area contributed by atoms with Gasteiger partial charge in [-0.2, -0.15) is 0 Å². The van der Waals surface area contributed by atoms with E-state index >= 15 is 0 Å². The highest BCUT2D eigenvalue weighted by Gasteiger charge is 1.93. The molecular weight excluding hydrogens is 160 g/mol. The molecule has 0 aliphatic heterocycles. The van der Waals surface area contributed by atoms with Gasteiger partial charge in [0.2, 0.25) is 5.91 Å². The lowest BCUT2D eigenvalue weighted by Gasteiger charge is -1.96. The van der Waals surface area contributed by atoms with E-state index in [0.29, 0.717) is 13.0 Å². The van der Waals surface area contributed by atoms with Crippen molar-refractivity contribution in [3.05, 3.63) is 12.3 Å². The summed E-state index contributed by atoms with van der Waals surface area (Å²) in [6.45, 7) is 0.524. The number of nitrogens with one attached hydrogen (secondary N) is 1. The van der Waals surface area contributed by atoms with Crippen molar-refractivity contribution in [3.8, 4) is 0 Å². The van der Waals surface area contributed by atoms with Gasteiger partial charge in [0.25, 0.3) is 0 Å². The SMILES string of the molecule is NC(=O)/C=C\NCCCC(=O)O. The molecule has 0 bridgehead atoms. The number of aliphatic carboxylic acids is 1. The molecule has 5 nitrogen and oxygen atoms in total. The second-order valence-electron chi connectivity index (χ2n) is 2.19. The zero-order valence-electron chi connectivity index (χ0n) is 6.62. The Balaban J connectivity index is 3.21. The lowest BCUT2D eigenvalue weighted by atomic mass is 10.3. The van der Waals surface area contributed by atoms with Crippen molar-refractivity contribution in [3.63, 3.8) is 0 Å². The van der Waals surface area contributed by atoms with Crippen molar-refractivity contribution in [2.24, 2.45) is 5.73 Å². The largest absolute Gasteiger partial charge is 0.481 e. The summed E-state index contributed by atoms with van der Waals surface area (Å²) in [4.78, 5) is 20.2. The van der Waals surface area contributed by atoms with Gasteiger partial charge in [-0.3, -0.25) is 9.59 Å². The summed E-state index contributed by atoms with van der Waals surface area (Å²) < 4.78 is 0. The molecule has 0 aromatic heterocycles. The minimum Gasteiger partial charge on any atom is -0.481 e. The lowest BCUT2D eigenvalue weighted by Crippen LogP contribution is -2.12. The summed E-state index contributed by atoms with van der Waals surface area (Å²) in [5, 5.41) is 11.0. The van der Waals surface area contributed by atoms with Gasteiger partial charge in [-0.25, -0.2) is 0 Å². The van der Waals surface area contributed by atoms with Gasteiger partial charge in [0, 0.05) is 25.2 Å². The summed E-state index contributed by atoms with van der Waals surface area (Å²) in [6.07, 6.45) is 3.24. The molecule has 0 atom stereocenters. The topological polar surface area (TPSA) is 92.4 Å². The van der Waals surface area contributed by atoms with Crippen LogP contribution in [0.5, 0.6) is 0 Å². The van der Waals surface area contributed by atoms with E-state index in [2.05, 4.69) is 5.32 Å². The molecule has 0 spiro atoms. The van der Waals surface area contributed by atoms with Gasteiger partial charge in [0.05, 0.1) is 0 Å². The van der Waals surface area contributed by atoms with E-state index in [1.165, 1.54) is 12.3 Å². The zero-order chi connectivity index (χ0) is 9.40. The van der Waals surface area contributed by atoms with Crippen molar-refractivity contribution in [2.45, 2.75) is 12.8 Å². The number of carboxylic acids is 1. The van der Waals surface area contributed by atoms with Crippen molar-refractivity contribution in [2.75, 3.05) is 6.54 Å². The average Bonchev–Trinajstić information content (AvgIpc) is 1.95. The molecule has 0 aliphatic rings. The Kier molecular flexibility index (Phi) is 5.42. The summed E-state index contributed by atoms with van der Waals surface area (Å²) in [5.41, 5.74) is 4.80. The Morgan fingerprint density at radius 1 is 1.50 bits per heavy atom. The third-order valence-electron chi connectivity index (χ3n) is 1.08. The highest BCUT2D eigenvalue weighted by atomic mass is 16.4. The molecule has 1 amide bonds. The van der Waals surface area contributed by atoms with Gasteiger partial charge in [0.15, 0.2) is 0 Å². The zero-order valence-corrected chi connectivity index (χ0v) is 6.62. The number of primary amides is 1. The number of nitrogens with two attached hydrogens (primary N) is 1. The van der Waals surface area contributed by atoms with Gasteiger partial charge in [-0.15, -0.1) is 0 Å². The third kappa shape index (κ3) is 8.48. The Morgan fingerprint density at radius 3 is 2.67 bits per heavy atom. The fraction of sp³-hybridized carbons (Fsp3) is 0.429. The van der Waals surface area contributed by atoms with E-state index in [1.54, 1.807) is 0 Å². The molecule has 0 aliphatic carbocycles. The first-order valence-corrected chi connectivity index (χ1v) is 3.54. The molecule has 0 unspecified atom stereocenters. The first kappa shape index (κ1) is 10.5. The summed E-state index contributed by atoms with van der Waals surface area (Å²) in [7, 11) is 0. The van der Waals surface area contributed by atoms with Gasteiger partial charge >= 0.3 is 5.97 Å². The molecule has 0 heterocycles. The van der Waals surface area contributed by atoms with Crippen LogP contribution in [0.3, 0.4) is 0 Å². The van der Waals surface area contributed by atoms with Crippen LogP contribution in [-0.2, 0) is 9.59 Å². The van der Waals surface area contributed by atoms with Gasteiger partial charge in [0.1, 0.15) is 0 Å². The molecule has 0 saturated heterocycles. The number of hydrogen-bond acceptors (Lipinski definition) is 3. The molecule has 0 saturated carbocycles. The first-order chi connectivity index (χ1) is 5.63. The summed E-state index contributed by atoms with van der Waals surface area (Å²) in [6, 6.07) is 0. The van der Waals surface area contributed by atoms with Gasteiger partial charge in [-0.1, -0.05) is 0 Å². The fourth-order valence-corrected chi connectivity index (χ4v) is 0.566. The summed E-state index contributed by atoms with van der Waals surface area (Å²) in [5.74, 6) is -1.35. The van der Waals surface area contributed by atoms with E-state index in [0.717, 1.165) is 0 Å². The molecule has 0 aromatic rings. The Morgan fingerprint density at radius 2 is 2.17 bits per heavy atom. The van der Waals surface area contributed by atoms with E-state index in [4.69, 9.17) is 10.8 Å². The van der Waals surface area contributed by atoms with Crippen LogP contribution < -0.4 is 11.1 Å². The molecule has 0 aromatic carbocycles. The van der Waals surface area contributed by atoms with E-state index in [-0.39, 0.29) is 6.42 Å². The maximum absolute atomic E-state index is 10.1. The maximum Gasteiger partial charge on any atom is 0.303 e. The molecule has 0 rings (SSSR count). The highest BCUT2D eigenvalue weighted by Crippen LogP contribution is 1.85. The highest BCUT2D eigenvalue weighted by molar-refractivity contribution is 5.85. The maximum atomic E-state index is 10.1. The fourth-order valence-electron chi connectivity index (χ4n) is 0.566. The van der Waals surface area contributed by atoms with Crippen LogP contribution in [0.1, 0.15) is 12.8 Å². The standard InChI is InChI=1S/C7H12N2O3/c8-6(10)3-5-9-4-1-2-7(11)12/h3,5,9H,1-2,4H2,(H2,8,10)(H,11,12)/b5-3-. The Hall–Kier alpha value is -1.52. The molecule has 0 fully saturated rings. The van der Waals surface area contributed by atoms with Crippen molar-refractivity contribution in [1.29, 1.82) is 0 Å². The second kappa shape index (κ2) is 6.21. The van der Waals surface area contributed by atoms with Crippen molar-refractivity contribution in [1.82, 2.24) is 5.32 Å². The predicted octanol–water partition coefficient (Wildman–Crippen LogP) is -0.560. The average molecular weight is 172 g/mol. The summed E-state index contributed by atoms with van der Waals surface area (Å²) >= 11 is 0. The molecule has 5 heteroatoms. The number of carbonyl (C=O) groups excluding carboxylic acids is 1. The number of hydrogen-bond donors (Lipinski definition) is 3. The monoisotopic (exact) mass is 172 g/mol. The van der Waals surface area contributed by atoms with Crippen LogP contribution in [0, 0.1) is 0 Å². The molecule has 0 radical (unpaired) electrons. The molecule has 68 valence electrons. The Labute approximate surface area is 70.2 Å². The van der Waals surface area contributed by atoms with E-state index < -0.39 is 11.9 Å². The van der Waals surface area contributed by atoms with Crippen LogP contribution in [0.25, 0.3) is 0 Å². The lowest BCUT2D eigenvalue weighted by molar-refractivity contribution is -0.137. The molecule has 4 N–H and O–H groups in total. The van der Waals surface area contributed by atoms with Crippen LogP contribution in [0.2, 0.25) is 0 Å².